The van der Waals surface area contributed by atoms with E-state index in [1.165, 1.54) is 6.07 Å². The van der Waals surface area contributed by atoms with Crippen molar-refractivity contribution in [3.63, 3.8) is 0 Å². The van der Waals surface area contributed by atoms with E-state index in [1.807, 2.05) is 67.6 Å². The molecule has 6 amide bonds. The van der Waals surface area contributed by atoms with Crippen molar-refractivity contribution in [2.75, 3.05) is 95.7 Å². The van der Waals surface area contributed by atoms with E-state index in [1.54, 1.807) is 22.2 Å². The number of aromatic amines is 1. The molecular weight excluding hydrogens is 1050 g/mol. The smallest absolute Gasteiger partial charge is 0.262 e. The molecule has 6 heterocycles. The number of imide groups is 2. The SMILES string of the molecule is C[C@@H](NC(=O)c1cccc(NC2(c3nc(-c4ccncc4)n[nH]3)CCNCC2)c1)c1ccc(OCCCCCCOCCOCCOCCC(=O)N2CCN(c3cc4c(cc3F)C(=O)N(C3CCC(=O)NC3=O)C4=O)CC2)cc1.Cl. The van der Waals surface area contributed by atoms with Crippen LogP contribution in [-0.2, 0) is 34.1 Å². The van der Waals surface area contributed by atoms with Crippen LogP contribution in [-0.4, -0.2) is 157 Å². The van der Waals surface area contributed by atoms with Crippen LogP contribution < -0.4 is 30.9 Å². The minimum absolute atomic E-state index is 0. The molecule has 0 aliphatic carbocycles. The largest absolute Gasteiger partial charge is 0.494 e. The summed E-state index contributed by atoms with van der Waals surface area (Å²) < 4.78 is 38.3. The number of piperidine rings is 2. The fourth-order valence-electron chi connectivity index (χ4n) is 10.2. The highest BCUT2D eigenvalue weighted by molar-refractivity contribution is 6.23. The Balaban J connectivity index is 0.00000841. The van der Waals surface area contributed by atoms with Crippen LogP contribution in [0.5, 0.6) is 5.75 Å². The zero-order chi connectivity index (χ0) is 55.1. The normalized spacial score (nSPS) is 17.4. The Morgan fingerprint density at radius 1 is 0.800 bits per heavy atom. The van der Waals surface area contributed by atoms with Crippen LogP contribution in [0.2, 0.25) is 0 Å². The molecule has 3 saturated heterocycles. The molecule has 0 bridgehead atoms. The van der Waals surface area contributed by atoms with Gasteiger partial charge in [-0.05, 0) is 119 Å². The van der Waals surface area contributed by atoms with E-state index >= 15 is 4.39 Å². The van der Waals surface area contributed by atoms with Crippen molar-refractivity contribution in [2.45, 2.75) is 82.3 Å². The van der Waals surface area contributed by atoms with Gasteiger partial charge in [-0.3, -0.25) is 49.1 Å². The summed E-state index contributed by atoms with van der Waals surface area (Å²) in [5.74, 6) is -1.49. The molecular formula is C57H69ClFN11O10. The lowest BCUT2D eigenvalue weighted by molar-refractivity contribution is -0.136. The van der Waals surface area contributed by atoms with Crippen LogP contribution in [0.4, 0.5) is 15.8 Å². The molecule has 3 fully saturated rings. The number of carbonyl (C=O) groups excluding carboxylic acids is 6. The summed E-state index contributed by atoms with van der Waals surface area (Å²) in [6, 6.07) is 20.1. The first kappa shape index (κ1) is 58.8. The van der Waals surface area contributed by atoms with Crippen LogP contribution in [0.25, 0.3) is 11.4 Å². The second-order valence-corrected chi connectivity index (χ2v) is 20.1. The molecule has 4 aliphatic rings. The maximum Gasteiger partial charge on any atom is 0.262 e. The molecule has 4 aliphatic heterocycles. The lowest BCUT2D eigenvalue weighted by Crippen LogP contribution is -2.54. The van der Waals surface area contributed by atoms with Crippen molar-refractivity contribution in [3.8, 4) is 17.1 Å². The Labute approximate surface area is 469 Å². The maximum absolute atomic E-state index is 15.3. The van der Waals surface area contributed by atoms with Gasteiger partial charge >= 0.3 is 0 Å². The first-order valence-electron chi connectivity index (χ1n) is 27.2. The van der Waals surface area contributed by atoms with Gasteiger partial charge in [0.25, 0.3) is 17.7 Å². The van der Waals surface area contributed by atoms with E-state index < -0.39 is 41.0 Å². The number of rotatable bonds is 26. The third-order valence-corrected chi connectivity index (χ3v) is 14.7. The molecule has 2 atom stereocenters. The molecule has 23 heteroatoms. The summed E-state index contributed by atoms with van der Waals surface area (Å²) in [5.41, 5.74) is 2.75. The van der Waals surface area contributed by atoms with Gasteiger partial charge in [0.15, 0.2) is 11.6 Å². The van der Waals surface area contributed by atoms with Gasteiger partial charge in [-0.25, -0.2) is 9.37 Å². The lowest BCUT2D eigenvalue weighted by Gasteiger charge is -2.37. The summed E-state index contributed by atoms with van der Waals surface area (Å²) in [6.45, 7) is 7.98. The Morgan fingerprint density at radius 2 is 1.48 bits per heavy atom. The van der Waals surface area contributed by atoms with Gasteiger partial charge in [0.2, 0.25) is 17.7 Å². The number of unbranched alkanes of at least 4 members (excludes halogenated alkanes) is 3. The van der Waals surface area contributed by atoms with E-state index in [9.17, 15) is 28.8 Å². The van der Waals surface area contributed by atoms with Gasteiger partial charge < -0.3 is 44.7 Å². The number of ether oxygens (including phenoxy) is 4. The van der Waals surface area contributed by atoms with Crippen molar-refractivity contribution >= 4 is 59.2 Å². The predicted octanol–water partition coefficient (Wildman–Crippen LogP) is 5.74. The fourth-order valence-corrected chi connectivity index (χ4v) is 10.2. The highest BCUT2D eigenvalue weighted by Crippen LogP contribution is 2.35. The molecule has 0 radical (unpaired) electrons. The number of halogens is 2. The van der Waals surface area contributed by atoms with E-state index in [-0.39, 0.29) is 72.9 Å². The highest BCUT2D eigenvalue weighted by Gasteiger charge is 2.45. The first-order chi connectivity index (χ1) is 38.5. The number of carbonyl (C=O) groups is 6. The summed E-state index contributed by atoms with van der Waals surface area (Å²) >= 11 is 0. The van der Waals surface area contributed by atoms with E-state index in [0.29, 0.717) is 77.2 Å². The van der Waals surface area contributed by atoms with Gasteiger partial charge in [0, 0.05) is 68.4 Å². The van der Waals surface area contributed by atoms with Gasteiger partial charge in [-0.1, -0.05) is 24.6 Å². The predicted molar refractivity (Wildman–Crippen MR) is 296 cm³/mol. The summed E-state index contributed by atoms with van der Waals surface area (Å²) in [6.07, 6.45) is 9.07. The molecule has 0 saturated carbocycles. The fraction of sp³-hybridized carbons (Fsp3) is 0.456. The third-order valence-electron chi connectivity index (χ3n) is 14.7. The molecule has 2 aromatic heterocycles. The van der Waals surface area contributed by atoms with Gasteiger partial charge in [-0.15, -0.1) is 12.4 Å². The second-order valence-electron chi connectivity index (χ2n) is 20.1. The number of piperazine rings is 1. The number of benzene rings is 3. The van der Waals surface area contributed by atoms with Crippen LogP contribution in [0.3, 0.4) is 0 Å². The van der Waals surface area contributed by atoms with Crippen molar-refractivity contribution in [1.29, 1.82) is 0 Å². The average molecular weight is 1120 g/mol. The molecule has 21 nitrogen and oxygen atoms in total. The minimum atomic E-state index is -1.14. The van der Waals surface area contributed by atoms with Crippen LogP contribution >= 0.6 is 12.4 Å². The topological polar surface area (TPSA) is 252 Å². The number of pyridine rings is 1. The number of nitrogens with zero attached hydrogens (tertiary/aromatic N) is 6. The Morgan fingerprint density at radius 3 is 2.19 bits per heavy atom. The molecule has 5 N–H and O–H groups in total. The van der Waals surface area contributed by atoms with Crippen LogP contribution in [0, 0.1) is 5.82 Å². The van der Waals surface area contributed by atoms with E-state index in [0.717, 1.165) is 91.0 Å². The average Bonchev–Trinajstić information content (AvgIpc) is 4.09. The summed E-state index contributed by atoms with van der Waals surface area (Å²) in [5, 5.41) is 20.1. The molecule has 1 unspecified atom stereocenters. The molecule has 5 aromatic rings. The van der Waals surface area contributed by atoms with E-state index in [4.69, 9.17) is 23.9 Å². The van der Waals surface area contributed by atoms with Crippen molar-refractivity contribution in [2.24, 2.45) is 0 Å². The van der Waals surface area contributed by atoms with Crippen molar-refractivity contribution in [3.05, 3.63) is 119 Å². The summed E-state index contributed by atoms with van der Waals surface area (Å²) in [7, 11) is 0. The Kier molecular flexibility index (Phi) is 20.7. The highest BCUT2D eigenvalue weighted by atomic mass is 35.5. The van der Waals surface area contributed by atoms with Crippen molar-refractivity contribution in [1.82, 2.24) is 45.9 Å². The number of anilines is 2. The number of hydrogen-bond donors (Lipinski definition) is 5. The Bertz CT molecular complexity index is 2940. The Hall–Kier alpha value is -7.37. The number of H-pyrrole nitrogens is 1. The number of aromatic nitrogens is 4. The minimum Gasteiger partial charge on any atom is -0.494 e. The lowest BCUT2D eigenvalue weighted by atomic mass is 9.87. The van der Waals surface area contributed by atoms with Crippen LogP contribution in [0.1, 0.15) is 113 Å². The van der Waals surface area contributed by atoms with Gasteiger partial charge in [0.1, 0.15) is 17.6 Å². The number of nitrogens with one attached hydrogen (secondary N) is 5. The maximum atomic E-state index is 15.3. The van der Waals surface area contributed by atoms with Crippen molar-refractivity contribution < 1.29 is 52.1 Å². The van der Waals surface area contributed by atoms with E-state index in [2.05, 4.69) is 36.4 Å². The van der Waals surface area contributed by atoms with Gasteiger partial charge in [0.05, 0.1) is 74.5 Å². The third kappa shape index (κ3) is 14.7. The molecule has 426 valence electrons. The molecule has 0 spiro atoms. The zero-order valence-electron chi connectivity index (χ0n) is 44.8. The van der Waals surface area contributed by atoms with Crippen LogP contribution in [0.15, 0.2) is 85.2 Å². The second kappa shape index (κ2) is 28.2. The molecule has 3 aromatic carbocycles. The number of amides is 6. The first-order valence-corrected chi connectivity index (χ1v) is 27.2. The molecule has 80 heavy (non-hydrogen) atoms. The number of hydrogen-bond acceptors (Lipinski definition) is 16. The monoisotopic (exact) mass is 1120 g/mol. The standard InChI is InChI=1S/C57H68FN11O10.ClH/c1-38(61-52(72)41-7-6-8-42(35-41)64-57(18-22-60-23-19-57)56-63-51(65-66-56)40-15-20-59-21-16-40)39-9-11-43(12-10-39)79-29-5-3-2-4-28-76-31-33-78-34-32-77-30-17-50(71)68-26-24-67(25-27-68)48-37-45-44(36-46(48)58)54(74)69(55(45)75)47-13-14-49(70)62-53(47)73;/h6-12,15-16,20-21,35-38,47,60,64H,2-5,13-14,17-19,22-34H2,1H3,(H,61,72)(H,62,70,73)(H,63,65,66);1H/t38-,47?;/m1./s1. The summed E-state index contributed by atoms with van der Waals surface area (Å²) in [4.78, 5) is 89.9. The molecule has 9 rings (SSSR count). The zero-order valence-corrected chi connectivity index (χ0v) is 45.7. The van der Waals surface area contributed by atoms with Gasteiger partial charge in [-0.2, -0.15) is 5.10 Å². The number of fused-ring (bicyclic) bond motifs is 1. The quantitative estimate of drug-likeness (QED) is 0.0327.